The molecule has 0 fully saturated rings. The van der Waals surface area contributed by atoms with Gasteiger partial charge in [-0.2, -0.15) is 12.6 Å². The Morgan fingerprint density at radius 1 is 0.846 bits per heavy atom. The van der Waals surface area contributed by atoms with Crippen LogP contribution in [0.1, 0.15) is 40.0 Å². The fourth-order valence-electron chi connectivity index (χ4n) is 2.07. The zero-order chi connectivity index (χ0) is 10.2. The highest BCUT2D eigenvalue weighted by Crippen LogP contribution is 2.27. The van der Waals surface area contributed by atoms with E-state index in [1.165, 1.54) is 37.4 Å². The average molecular weight is 218 g/mol. The largest absolute Gasteiger partial charge is 0.179 e. The molecule has 0 radical (unpaired) electrons. The van der Waals surface area contributed by atoms with E-state index in [2.05, 4.69) is 33.4 Å². The Morgan fingerprint density at radius 2 is 1.38 bits per heavy atom. The highest BCUT2D eigenvalue weighted by atomic mass is 32.1. The van der Waals surface area contributed by atoms with E-state index in [0.29, 0.717) is 0 Å². The van der Waals surface area contributed by atoms with Crippen molar-refractivity contribution in [1.29, 1.82) is 0 Å². The van der Waals surface area contributed by atoms with E-state index in [4.69, 9.17) is 0 Å². The van der Waals surface area contributed by atoms with Crippen LogP contribution >= 0.6 is 12.6 Å². The van der Waals surface area contributed by atoms with Crippen LogP contribution in [-0.2, 0) is 0 Å². The van der Waals surface area contributed by atoms with E-state index in [9.17, 15) is 0 Å². The van der Waals surface area contributed by atoms with E-state index in [-0.39, 0.29) is 0 Å². The monoisotopic (exact) mass is 218 g/mol. The number of hydrogen-bond acceptors (Lipinski definition) is 1. The number of hydrogen-bond donors (Lipinski definition) is 1. The molecule has 0 aliphatic carbocycles. The highest BCUT2D eigenvalue weighted by molar-refractivity contribution is 7.80. The fraction of sp³-hybridized carbons (Fsp3) is 1.00. The van der Waals surface area contributed by atoms with Gasteiger partial charge < -0.3 is 0 Å². The molecule has 0 heterocycles. The molecule has 0 nitrogen and oxygen atoms in total. The molecule has 0 amide bonds. The summed E-state index contributed by atoms with van der Waals surface area (Å²) in [6.07, 6.45) is 4.17. The number of thiol groups is 1. The minimum atomic E-state index is -0.792. The van der Waals surface area contributed by atoms with Crippen LogP contribution in [-0.4, -0.2) is 13.8 Å². The maximum Gasteiger partial charge on any atom is 0.0527 e. The Labute approximate surface area is 90.9 Å². The first-order valence-electron chi connectivity index (χ1n) is 5.85. The van der Waals surface area contributed by atoms with Crippen molar-refractivity contribution in [3.8, 4) is 0 Å². The predicted molar refractivity (Wildman–Crippen MR) is 69.7 cm³/mol. The highest BCUT2D eigenvalue weighted by Gasteiger charge is 2.25. The summed E-state index contributed by atoms with van der Waals surface area (Å²) in [5, 5.41) is 0. The van der Waals surface area contributed by atoms with Gasteiger partial charge in [0.05, 0.1) is 8.07 Å². The molecule has 0 spiro atoms. The van der Waals surface area contributed by atoms with Gasteiger partial charge in [-0.05, 0) is 12.2 Å². The van der Waals surface area contributed by atoms with Gasteiger partial charge in [-0.3, -0.25) is 0 Å². The van der Waals surface area contributed by atoms with Crippen molar-refractivity contribution in [2.75, 3.05) is 5.75 Å². The van der Waals surface area contributed by atoms with Crippen molar-refractivity contribution in [3.05, 3.63) is 0 Å². The molecule has 0 aromatic heterocycles. The van der Waals surface area contributed by atoms with Gasteiger partial charge in [-0.15, -0.1) is 0 Å². The second-order valence-electron chi connectivity index (χ2n) is 4.09. The first-order valence-corrected chi connectivity index (χ1v) is 9.31. The fourth-order valence-corrected chi connectivity index (χ4v) is 5.85. The normalized spacial score (nSPS) is 12.0. The molecule has 0 bridgehead atoms. The third-order valence-corrected chi connectivity index (χ3v) is 9.85. The van der Waals surface area contributed by atoms with E-state index in [1.807, 2.05) is 0 Å². The molecule has 0 aliphatic rings. The molecule has 0 saturated heterocycles. The summed E-state index contributed by atoms with van der Waals surface area (Å²) in [4.78, 5) is 0. The molecule has 0 aliphatic heterocycles. The van der Waals surface area contributed by atoms with Crippen LogP contribution in [0.4, 0.5) is 0 Å². The van der Waals surface area contributed by atoms with Crippen molar-refractivity contribution in [1.82, 2.24) is 0 Å². The van der Waals surface area contributed by atoms with Gasteiger partial charge in [0, 0.05) is 0 Å². The zero-order valence-corrected chi connectivity index (χ0v) is 11.5. The predicted octanol–water partition coefficient (Wildman–Crippen LogP) is 4.60. The lowest BCUT2D eigenvalue weighted by Gasteiger charge is -2.27. The van der Waals surface area contributed by atoms with Gasteiger partial charge in [0.2, 0.25) is 0 Å². The quantitative estimate of drug-likeness (QED) is 0.344. The minimum absolute atomic E-state index is 0.792. The minimum Gasteiger partial charge on any atom is -0.179 e. The van der Waals surface area contributed by atoms with Crippen LogP contribution in [0.5, 0.6) is 0 Å². The van der Waals surface area contributed by atoms with Crippen LogP contribution in [0.15, 0.2) is 0 Å². The molecule has 0 unspecified atom stereocenters. The number of rotatable bonds is 8. The van der Waals surface area contributed by atoms with Crippen molar-refractivity contribution < 1.29 is 0 Å². The van der Waals surface area contributed by atoms with Crippen LogP contribution < -0.4 is 0 Å². The summed E-state index contributed by atoms with van der Waals surface area (Å²) < 4.78 is 0. The molecule has 0 N–H and O–H groups in total. The van der Waals surface area contributed by atoms with Gasteiger partial charge in [-0.25, -0.2) is 0 Å². The first kappa shape index (κ1) is 13.6. The van der Waals surface area contributed by atoms with Crippen LogP contribution in [0.25, 0.3) is 0 Å². The molecule has 0 rings (SSSR count). The van der Waals surface area contributed by atoms with Gasteiger partial charge >= 0.3 is 0 Å². The topological polar surface area (TPSA) is 0 Å². The van der Waals surface area contributed by atoms with Crippen molar-refractivity contribution in [2.24, 2.45) is 0 Å². The van der Waals surface area contributed by atoms with Crippen molar-refractivity contribution in [2.45, 2.75) is 64.2 Å². The zero-order valence-electron chi connectivity index (χ0n) is 9.60. The van der Waals surface area contributed by atoms with E-state index < -0.39 is 8.07 Å². The average Bonchev–Trinajstić information content (AvgIpc) is 2.20. The second-order valence-corrected chi connectivity index (χ2v) is 10.2. The Morgan fingerprint density at radius 3 is 1.77 bits per heavy atom. The lowest BCUT2D eigenvalue weighted by Crippen LogP contribution is -2.30. The smallest absolute Gasteiger partial charge is 0.0527 e. The Kier molecular flexibility index (Phi) is 8.27. The number of unbranched alkanes of at least 4 members (excludes halogenated alkanes) is 2. The molecule has 0 aromatic rings. The lowest BCUT2D eigenvalue weighted by molar-refractivity contribution is 0.763. The molecular weight excluding hydrogens is 192 g/mol. The maximum atomic E-state index is 4.25. The van der Waals surface area contributed by atoms with Gasteiger partial charge in [0.1, 0.15) is 0 Å². The molecule has 0 saturated carbocycles. The third kappa shape index (κ3) is 5.11. The summed E-state index contributed by atoms with van der Waals surface area (Å²) in [6, 6.07) is 6.02. The van der Waals surface area contributed by atoms with Crippen LogP contribution in [0.2, 0.25) is 24.2 Å². The summed E-state index contributed by atoms with van der Waals surface area (Å²) in [5.41, 5.74) is 0. The molecule has 80 valence electrons. The summed E-state index contributed by atoms with van der Waals surface area (Å²) in [5.74, 6) is 1.07. The maximum absolute atomic E-state index is 4.25. The Balaban J connectivity index is 3.68. The molecular formula is C11H26SSi. The van der Waals surface area contributed by atoms with Gasteiger partial charge in [0.15, 0.2) is 0 Å². The summed E-state index contributed by atoms with van der Waals surface area (Å²) in [6.45, 7) is 7.20. The molecule has 0 atom stereocenters. The Hall–Kier alpha value is 0.567. The SMILES string of the molecule is CC[Si](CC)(CC)CCCCCS. The van der Waals surface area contributed by atoms with Crippen LogP contribution in [0.3, 0.4) is 0 Å². The molecule has 2 heteroatoms. The van der Waals surface area contributed by atoms with Crippen molar-refractivity contribution in [3.63, 3.8) is 0 Å². The summed E-state index contributed by atoms with van der Waals surface area (Å²) in [7, 11) is -0.792. The van der Waals surface area contributed by atoms with Gasteiger partial charge in [-0.1, -0.05) is 57.8 Å². The van der Waals surface area contributed by atoms with E-state index in [1.54, 1.807) is 6.04 Å². The molecule has 13 heavy (non-hydrogen) atoms. The first-order chi connectivity index (χ1) is 6.24. The van der Waals surface area contributed by atoms with E-state index >= 15 is 0 Å². The van der Waals surface area contributed by atoms with Crippen LogP contribution in [0, 0.1) is 0 Å². The summed E-state index contributed by atoms with van der Waals surface area (Å²) >= 11 is 4.25. The lowest BCUT2D eigenvalue weighted by atomic mass is 10.3. The van der Waals surface area contributed by atoms with E-state index in [0.717, 1.165) is 5.75 Å². The third-order valence-electron chi connectivity index (χ3n) is 3.62. The van der Waals surface area contributed by atoms with Gasteiger partial charge in [0.25, 0.3) is 0 Å². The standard InChI is InChI=1S/C11H26SSi/c1-4-13(5-2,6-3)11-9-7-8-10-12/h12H,4-11H2,1-3H3. The molecule has 0 aromatic carbocycles. The Bertz CT molecular complexity index is 102. The van der Waals surface area contributed by atoms with Crippen molar-refractivity contribution >= 4 is 20.7 Å². The second kappa shape index (κ2) is 7.92.